The minimum Gasteiger partial charge on any atom is -0.482 e. The fourth-order valence-corrected chi connectivity index (χ4v) is 2.56. The summed E-state index contributed by atoms with van der Waals surface area (Å²) in [5, 5.41) is 2.58. The SMILES string of the molecule is O=C1COc2ccc(C(=O)COC(=O)c3cc(Br)ccc3F)cc2N1. The Morgan fingerprint density at radius 3 is 2.84 bits per heavy atom. The van der Waals surface area contributed by atoms with E-state index in [1.54, 1.807) is 0 Å². The fraction of sp³-hybridized carbons (Fsp3) is 0.118. The minimum absolute atomic E-state index is 0.0872. The van der Waals surface area contributed by atoms with E-state index in [0.29, 0.717) is 15.9 Å². The van der Waals surface area contributed by atoms with Gasteiger partial charge >= 0.3 is 5.97 Å². The van der Waals surface area contributed by atoms with Gasteiger partial charge in [-0.15, -0.1) is 0 Å². The van der Waals surface area contributed by atoms with Crippen LogP contribution in [0.4, 0.5) is 10.1 Å². The number of carbonyl (C=O) groups is 3. The second-order valence-corrected chi connectivity index (χ2v) is 6.09. The van der Waals surface area contributed by atoms with E-state index in [1.165, 1.54) is 30.3 Å². The number of ketones is 1. The van der Waals surface area contributed by atoms with Gasteiger partial charge in [-0.25, -0.2) is 9.18 Å². The maximum absolute atomic E-state index is 13.6. The Balaban J connectivity index is 1.68. The molecule has 0 saturated carbocycles. The van der Waals surface area contributed by atoms with Gasteiger partial charge in [0.05, 0.1) is 11.3 Å². The maximum Gasteiger partial charge on any atom is 0.341 e. The number of Topliss-reactive ketones (excluding diaryl/α,β-unsaturated/α-hetero) is 1. The predicted molar refractivity (Wildman–Crippen MR) is 89.3 cm³/mol. The zero-order valence-electron chi connectivity index (χ0n) is 12.7. The van der Waals surface area contributed by atoms with Crippen LogP contribution in [-0.2, 0) is 9.53 Å². The highest BCUT2D eigenvalue weighted by molar-refractivity contribution is 9.10. The standard InChI is InChI=1S/C17H11BrFNO5/c18-10-2-3-12(19)11(6-10)17(23)25-7-14(21)9-1-4-15-13(5-9)20-16(22)8-24-15/h1-6H,7-8H2,(H,20,22). The number of ether oxygens (including phenoxy) is 2. The number of hydrogen-bond acceptors (Lipinski definition) is 5. The minimum atomic E-state index is -0.943. The molecule has 0 fully saturated rings. The molecule has 8 heteroatoms. The lowest BCUT2D eigenvalue weighted by Gasteiger charge is -2.18. The highest BCUT2D eigenvalue weighted by atomic mass is 79.9. The average Bonchev–Trinajstić information content (AvgIpc) is 2.60. The summed E-state index contributed by atoms with van der Waals surface area (Å²) in [4.78, 5) is 35.4. The third-order valence-electron chi connectivity index (χ3n) is 3.42. The van der Waals surface area contributed by atoms with Gasteiger partial charge in [0.2, 0.25) is 0 Å². The number of halogens is 2. The van der Waals surface area contributed by atoms with Crippen LogP contribution in [0.5, 0.6) is 5.75 Å². The molecule has 3 rings (SSSR count). The van der Waals surface area contributed by atoms with Gasteiger partial charge in [-0.05, 0) is 36.4 Å². The van der Waals surface area contributed by atoms with Crippen molar-refractivity contribution in [2.75, 3.05) is 18.5 Å². The maximum atomic E-state index is 13.6. The van der Waals surface area contributed by atoms with Crippen molar-refractivity contribution in [2.24, 2.45) is 0 Å². The summed E-state index contributed by atoms with van der Waals surface area (Å²) in [6.07, 6.45) is 0. The quantitative estimate of drug-likeness (QED) is 0.622. The summed E-state index contributed by atoms with van der Waals surface area (Å²) >= 11 is 3.13. The summed E-state index contributed by atoms with van der Waals surface area (Å²) in [5.74, 6) is -2.06. The van der Waals surface area contributed by atoms with Crippen LogP contribution in [-0.4, -0.2) is 30.9 Å². The zero-order chi connectivity index (χ0) is 18.0. The molecule has 2 aromatic rings. The van der Waals surface area contributed by atoms with Gasteiger partial charge < -0.3 is 14.8 Å². The number of benzene rings is 2. The van der Waals surface area contributed by atoms with Gasteiger partial charge in [-0.1, -0.05) is 15.9 Å². The number of anilines is 1. The molecule has 6 nitrogen and oxygen atoms in total. The fourth-order valence-electron chi connectivity index (χ4n) is 2.20. The Labute approximate surface area is 150 Å². The van der Waals surface area contributed by atoms with Crippen LogP contribution in [0.3, 0.4) is 0 Å². The van der Waals surface area contributed by atoms with Crippen molar-refractivity contribution in [3.05, 3.63) is 57.8 Å². The van der Waals surface area contributed by atoms with Crippen LogP contribution in [0.1, 0.15) is 20.7 Å². The van der Waals surface area contributed by atoms with Gasteiger partial charge in [0.1, 0.15) is 11.6 Å². The number of fused-ring (bicyclic) bond motifs is 1. The van der Waals surface area contributed by atoms with E-state index in [9.17, 15) is 18.8 Å². The molecule has 1 N–H and O–H groups in total. The number of amides is 1. The van der Waals surface area contributed by atoms with E-state index in [-0.39, 0.29) is 23.6 Å². The lowest BCUT2D eigenvalue weighted by Crippen LogP contribution is -2.25. The highest BCUT2D eigenvalue weighted by Crippen LogP contribution is 2.28. The predicted octanol–water partition coefficient (Wildman–Crippen LogP) is 2.96. The number of esters is 1. The van der Waals surface area contributed by atoms with Gasteiger partial charge in [0, 0.05) is 10.0 Å². The lowest BCUT2D eigenvalue weighted by molar-refractivity contribution is -0.118. The van der Waals surface area contributed by atoms with Gasteiger partial charge in [0.15, 0.2) is 19.0 Å². The van der Waals surface area contributed by atoms with E-state index >= 15 is 0 Å². The van der Waals surface area contributed by atoms with E-state index in [1.807, 2.05) is 0 Å². The number of hydrogen-bond donors (Lipinski definition) is 1. The summed E-state index contributed by atoms with van der Waals surface area (Å²) in [7, 11) is 0. The molecule has 0 spiro atoms. The van der Waals surface area contributed by atoms with Crippen molar-refractivity contribution in [1.82, 2.24) is 0 Å². The van der Waals surface area contributed by atoms with Gasteiger partial charge in [0.25, 0.3) is 5.91 Å². The number of rotatable bonds is 4. The Kier molecular flexibility index (Phi) is 4.80. The molecule has 1 amide bonds. The van der Waals surface area contributed by atoms with Crippen LogP contribution in [0.25, 0.3) is 0 Å². The third-order valence-corrected chi connectivity index (χ3v) is 3.91. The van der Waals surface area contributed by atoms with Crippen molar-refractivity contribution < 1.29 is 28.2 Å². The molecule has 1 aliphatic rings. The van der Waals surface area contributed by atoms with E-state index in [0.717, 1.165) is 6.07 Å². The molecule has 0 saturated heterocycles. The molecule has 0 bridgehead atoms. The van der Waals surface area contributed by atoms with Crippen LogP contribution in [0, 0.1) is 5.82 Å². The van der Waals surface area contributed by atoms with E-state index in [2.05, 4.69) is 21.2 Å². The number of nitrogens with one attached hydrogen (secondary N) is 1. The highest BCUT2D eigenvalue weighted by Gasteiger charge is 2.19. The molecule has 0 atom stereocenters. The smallest absolute Gasteiger partial charge is 0.341 e. The second-order valence-electron chi connectivity index (χ2n) is 5.17. The van der Waals surface area contributed by atoms with Crippen molar-refractivity contribution >= 4 is 39.3 Å². The first kappa shape index (κ1) is 17.1. The molecule has 25 heavy (non-hydrogen) atoms. The van der Waals surface area contributed by atoms with Crippen molar-refractivity contribution in [1.29, 1.82) is 0 Å². The van der Waals surface area contributed by atoms with Gasteiger partial charge in [-0.3, -0.25) is 9.59 Å². The first-order valence-corrected chi connectivity index (χ1v) is 7.95. The molecule has 128 valence electrons. The molecule has 1 aliphatic heterocycles. The monoisotopic (exact) mass is 407 g/mol. The van der Waals surface area contributed by atoms with E-state index < -0.39 is 24.2 Å². The summed E-state index contributed by atoms with van der Waals surface area (Å²) < 4.78 is 24.2. The molecular formula is C17H11BrFNO5. The lowest BCUT2D eigenvalue weighted by atomic mass is 10.1. The molecule has 2 aromatic carbocycles. The Morgan fingerprint density at radius 2 is 2.04 bits per heavy atom. The van der Waals surface area contributed by atoms with Crippen molar-refractivity contribution in [3.63, 3.8) is 0 Å². The number of carbonyl (C=O) groups excluding carboxylic acids is 3. The normalized spacial score (nSPS) is 12.6. The summed E-state index contributed by atoms with van der Waals surface area (Å²) in [6.45, 7) is -0.644. The van der Waals surface area contributed by atoms with Gasteiger partial charge in [-0.2, -0.15) is 0 Å². The van der Waals surface area contributed by atoms with Crippen molar-refractivity contribution in [2.45, 2.75) is 0 Å². The summed E-state index contributed by atoms with van der Waals surface area (Å²) in [5.41, 5.74) is 0.326. The van der Waals surface area contributed by atoms with Crippen LogP contribution < -0.4 is 10.1 Å². The molecule has 0 aromatic heterocycles. The van der Waals surface area contributed by atoms with Crippen LogP contribution >= 0.6 is 15.9 Å². The molecule has 0 aliphatic carbocycles. The average molecular weight is 408 g/mol. The van der Waals surface area contributed by atoms with Crippen LogP contribution in [0.2, 0.25) is 0 Å². The Bertz CT molecular complexity index is 883. The largest absolute Gasteiger partial charge is 0.482 e. The first-order chi connectivity index (χ1) is 11.9. The first-order valence-electron chi connectivity index (χ1n) is 7.16. The molecule has 1 heterocycles. The third kappa shape index (κ3) is 3.85. The van der Waals surface area contributed by atoms with E-state index in [4.69, 9.17) is 9.47 Å². The van der Waals surface area contributed by atoms with Crippen molar-refractivity contribution in [3.8, 4) is 5.75 Å². The summed E-state index contributed by atoms with van der Waals surface area (Å²) in [6, 6.07) is 8.30. The zero-order valence-corrected chi connectivity index (χ0v) is 14.3. The molecule has 0 unspecified atom stereocenters. The second kappa shape index (κ2) is 7.02. The molecule has 0 radical (unpaired) electrons. The van der Waals surface area contributed by atoms with Crippen LogP contribution in [0.15, 0.2) is 40.9 Å². The topological polar surface area (TPSA) is 81.7 Å². The Hall–Kier alpha value is -2.74. The Morgan fingerprint density at radius 1 is 1.24 bits per heavy atom. The molecular weight excluding hydrogens is 397 g/mol.